The van der Waals surface area contributed by atoms with Crippen molar-refractivity contribution in [3.05, 3.63) is 46.5 Å². The van der Waals surface area contributed by atoms with Gasteiger partial charge in [0.25, 0.3) is 5.69 Å². The van der Waals surface area contributed by atoms with Crippen molar-refractivity contribution in [2.75, 3.05) is 33.0 Å². The van der Waals surface area contributed by atoms with Gasteiger partial charge in [-0.25, -0.2) is 4.79 Å². The first-order chi connectivity index (χ1) is 13.2. The van der Waals surface area contributed by atoms with Crippen molar-refractivity contribution in [3.63, 3.8) is 0 Å². The first-order valence-corrected chi connectivity index (χ1v) is 7.74. The molecular weight excluding hydrogens is 382 g/mol. The third-order valence-electron chi connectivity index (χ3n) is 2.05. The Bertz CT molecular complexity index is 512. The van der Waals surface area contributed by atoms with E-state index in [4.69, 9.17) is 35.7 Å². The lowest BCUT2D eigenvalue weighted by atomic mass is 10.3. The third-order valence-corrected chi connectivity index (χ3v) is 2.05. The number of non-ortho nitro benzene ring substituents is 1. The van der Waals surface area contributed by atoms with Gasteiger partial charge in [0, 0.05) is 12.1 Å². The second-order valence-corrected chi connectivity index (χ2v) is 4.29. The zero-order chi connectivity index (χ0) is 22.4. The predicted molar refractivity (Wildman–Crippen MR) is 98.0 cm³/mol. The number of aliphatic hydroxyl groups excluding tert-OH is 6. The van der Waals surface area contributed by atoms with Crippen molar-refractivity contribution in [1.29, 1.82) is 0 Å². The van der Waals surface area contributed by atoms with Crippen molar-refractivity contribution in [3.8, 4) is 5.75 Å². The number of carboxylic acid groups (broad SMARTS) is 1. The Morgan fingerprint density at radius 2 is 1.50 bits per heavy atom. The summed E-state index contributed by atoms with van der Waals surface area (Å²) in [6.07, 6.45) is 1.10. The number of rotatable bonds is 6. The van der Waals surface area contributed by atoms with E-state index in [9.17, 15) is 14.9 Å². The summed E-state index contributed by atoms with van der Waals surface area (Å²) >= 11 is 0. The van der Waals surface area contributed by atoms with E-state index in [1.54, 1.807) is 13.0 Å². The molecule has 0 spiro atoms. The molecule has 1 atom stereocenters. The van der Waals surface area contributed by atoms with E-state index < -0.39 is 17.2 Å². The van der Waals surface area contributed by atoms with E-state index in [0.29, 0.717) is 0 Å². The Morgan fingerprint density at radius 3 is 1.71 bits per heavy atom. The maximum Gasteiger partial charge on any atom is 0.511 e. The number of benzene rings is 1. The Kier molecular flexibility index (Phi) is 24.1. The monoisotopic (exact) mass is 409 g/mol. The van der Waals surface area contributed by atoms with Gasteiger partial charge in [-0.05, 0) is 19.1 Å². The van der Waals surface area contributed by atoms with Gasteiger partial charge in [0.15, 0.2) is 0 Å². The van der Waals surface area contributed by atoms with E-state index >= 15 is 0 Å². The molecule has 162 valence electrons. The second kappa shape index (κ2) is 22.4. The van der Waals surface area contributed by atoms with E-state index in [1.807, 2.05) is 0 Å². The molecule has 1 aromatic rings. The molecule has 1 aromatic carbocycles. The van der Waals surface area contributed by atoms with E-state index in [0.717, 1.165) is 12.1 Å². The fourth-order valence-electron chi connectivity index (χ4n) is 1.02. The molecule has 12 heteroatoms. The van der Waals surface area contributed by atoms with Crippen LogP contribution in [0.15, 0.2) is 36.4 Å². The van der Waals surface area contributed by atoms with E-state index in [1.165, 1.54) is 18.2 Å². The Balaban J connectivity index is -0.000000351. The molecule has 0 radical (unpaired) electrons. The number of carbonyl (C=O) groups is 1. The molecule has 7 N–H and O–H groups in total. The molecule has 0 saturated heterocycles. The van der Waals surface area contributed by atoms with Gasteiger partial charge in [0.2, 0.25) is 0 Å². The van der Waals surface area contributed by atoms with Crippen LogP contribution in [0.3, 0.4) is 0 Å². The van der Waals surface area contributed by atoms with Crippen LogP contribution in [-0.4, -0.2) is 86.0 Å². The molecule has 0 amide bonds. The Morgan fingerprint density at radius 1 is 1.07 bits per heavy atom. The van der Waals surface area contributed by atoms with Crippen molar-refractivity contribution in [2.24, 2.45) is 0 Å². The molecule has 1 unspecified atom stereocenters. The number of allylic oxidation sites excluding steroid dienone is 1. The molecule has 0 aliphatic carbocycles. The van der Waals surface area contributed by atoms with Gasteiger partial charge in [-0.1, -0.05) is 12.2 Å². The van der Waals surface area contributed by atoms with Crippen LogP contribution >= 0.6 is 0 Å². The lowest BCUT2D eigenvalue weighted by molar-refractivity contribution is -0.384. The zero-order valence-corrected chi connectivity index (χ0v) is 15.3. The lowest BCUT2D eigenvalue weighted by Crippen LogP contribution is -2.06. The Labute approximate surface area is 161 Å². The molecule has 0 aromatic heterocycles. The average Bonchev–Trinajstić information content (AvgIpc) is 2.69. The van der Waals surface area contributed by atoms with Gasteiger partial charge in [-0.2, -0.15) is 0 Å². The summed E-state index contributed by atoms with van der Waals surface area (Å²) in [6.45, 7) is 1.10. The largest absolute Gasteiger partial charge is 0.511 e. The lowest BCUT2D eigenvalue weighted by Gasteiger charge is -1.97. The van der Waals surface area contributed by atoms with Gasteiger partial charge in [-0.3, -0.25) is 10.1 Å². The van der Waals surface area contributed by atoms with Crippen molar-refractivity contribution in [2.45, 2.75) is 13.0 Å². The Hall–Kier alpha value is -2.61. The normalized spacial score (nSPS) is 10.2. The summed E-state index contributed by atoms with van der Waals surface area (Å²) < 4.78 is 4.24. The summed E-state index contributed by atoms with van der Waals surface area (Å²) in [5.74, 6) is 0.0538. The zero-order valence-electron chi connectivity index (χ0n) is 15.3. The molecule has 12 nitrogen and oxygen atoms in total. The SMILES string of the molecule is CC=CC(O)CO.O=C(O)Oc1ccc([N+](=O)[O-])cc1.OCCO.OCCO. The summed E-state index contributed by atoms with van der Waals surface area (Å²) in [4.78, 5) is 19.6. The van der Waals surface area contributed by atoms with Gasteiger partial charge < -0.3 is 40.5 Å². The number of nitro benzene ring substituents is 1. The number of nitro groups is 1. The quantitative estimate of drug-likeness (QED) is 0.105. The highest BCUT2D eigenvalue weighted by Gasteiger charge is 2.05. The van der Waals surface area contributed by atoms with Crippen LogP contribution in [0.25, 0.3) is 0 Å². The number of hydrogen-bond donors (Lipinski definition) is 7. The first kappa shape index (κ1) is 30.1. The standard InChI is InChI=1S/C7H5NO5.C5H10O2.2C2H6O2/c9-7(10)13-6-3-1-5(2-4-6)8(11)12;1-2-3-5(7)4-6;2*3-1-2-4/h1-4H,(H,9,10);2-3,5-7H,4H2,1H3;2*3-4H,1-2H2. The predicted octanol–water partition coefficient (Wildman–Crippen LogP) is -0.491. The minimum Gasteiger partial charge on any atom is -0.449 e. The van der Waals surface area contributed by atoms with Crippen LogP contribution in [0, 0.1) is 10.1 Å². The van der Waals surface area contributed by atoms with Crippen LogP contribution in [0.1, 0.15) is 6.92 Å². The molecule has 0 bridgehead atoms. The first-order valence-electron chi connectivity index (χ1n) is 7.74. The van der Waals surface area contributed by atoms with Crippen LogP contribution in [0.2, 0.25) is 0 Å². The number of hydrogen-bond acceptors (Lipinski definition) is 10. The molecule has 0 aliphatic rings. The average molecular weight is 409 g/mol. The van der Waals surface area contributed by atoms with Crippen LogP contribution in [0.5, 0.6) is 5.75 Å². The number of nitrogens with zero attached hydrogens (tertiary/aromatic N) is 1. The van der Waals surface area contributed by atoms with Crippen LogP contribution in [-0.2, 0) is 0 Å². The van der Waals surface area contributed by atoms with E-state index in [2.05, 4.69) is 4.74 Å². The van der Waals surface area contributed by atoms with Crippen molar-refractivity contribution < 1.29 is 50.2 Å². The summed E-state index contributed by atoms with van der Waals surface area (Å²) in [5.41, 5.74) is -0.113. The summed E-state index contributed by atoms with van der Waals surface area (Å²) in [6, 6.07) is 4.76. The smallest absolute Gasteiger partial charge is 0.449 e. The van der Waals surface area contributed by atoms with E-state index in [-0.39, 0.29) is 44.5 Å². The molecule has 0 heterocycles. The number of aliphatic hydroxyl groups is 6. The van der Waals surface area contributed by atoms with Gasteiger partial charge in [0.1, 0.15) is 5.75 Å². The highest BCUT2D eigenvalue weighted by molar-refractivity contribution is 5.61. The minimum absolute atomic E-state index is 0.0538. The van der Waals surface area contributed by atoms with Crippen LogP contribution < -0.4 is 4.74 Å². The molecule has 0 fully saturated rings. The highest BCUT2D eigenvalue weighted by Crippen LogP contribution is 2.17. The maximum atomic E-state index is 10.2. The van der Waals surface area contributed by atoms with Crippen molar-refractivity contribution >= 4 is 11.8 Å². The van der Waals surface area contributed by atoms with Gasteiger partial charge in [-0.15, -0.1) is 0 Å². The fraction of sp³-hybridized carbons (Fsp3) is 0.438. The van der Waals surface area contributed by atoms with Crippen LogP contribution in [0.4, 0.5) is 10.5 Å². The summed E-state index contributed by atoms with van der Waals surface area (Å²) in [7, 11) is 0. The minimum atomic E-state index is -1.45. The molecular formula is C16H27NO11. The molecule has 0 saturated carbocycles. The van der Waals surface area contributed by atoms with Crippen molar-refractivity contribution in [1.82, 2.24) is 0 Å². The number of ether oxygens (including phenoxy) is 1. The molecule has 1 rings (SSSR count). The summed E-state index contributed by atoms with van der Waals surface area (Å²) in [5, 5.41) is 65.6. The molecule has 0 aliphatic heterocycles. The second-order valence-electron chi connectivity index (χ2n) is 4.29. The fourth-order valence-corrected chi connectivity index (χ4v) is 1.02. The third kappa shape index (κ3) is 23.4. The maximum absolute atomic E-state index is 10.2. The molecule has 28 heavy (non-hydrogen) atoms. The topological polar surface area (TPSA) is 211 Å². The highest BCUT2D eigenvalue weighted by atomic mass is 16.7. The van der Waals surface area contributed by atoms with Gasteiger partial charge in [0.05, 0.1) is 44.1 Å². The van der Waals surface area contributed by atoms with Gasteiger partial charge >= 0.3 is 6.16 Å².